The lowest BCUT2D eigenvalue weighted by Gasteiger charge is -2.06. The van der Waals surface area contributed by atoms with Crippen LogP contribution in [0.2, 0.25) is 5.02 Å². The van der Waals surface area contributed by atoms with Crippen molar-refractivity contribution in [1.29, 1.82) is 0 Å². The summed E-state index contributed by atoms with van der Waals surface area (Å²) in [6, 6.07) is 9.56. The van der Waals surface area contributed by atoms with Crippen molar-refractivity contribution >= 4 is 46.0 Å². The summed E-state index contributed by atoms with van der Waals surface area (Å²) in [5.41, 5.74) is 3.54. The predicted octanol–water partition coefficient (Wildman–Crippen LogP) is 3.80. The van der Waals surface area contributed by atoms with Gasteiger partial charge in [-0.25, -0.2) is 4.98 Å². The number of halogens is 1. The van der Waals surface area contributed by atoms with Crippen LogP contribution in [0.1, 0.15) is 11.3 Å². The second-order valence-corrected chi connectivity index (χ2v) is 6.89. The average Bonchev–Trinajstić information content (AvgIpc) is 2.83. The molecule has 0 aliphatic rings. The van der Waals surface area contributed by atoms with Crippen LogP contribution in [0, 0.1) is 6.92 Å². The summed E-state index contributed by atoms with van der Waals surface area (Å²) in [5.74, 6) is 1.10. The summed E-state index contributed by atoms with van der Waals surface area (Å²) >= 11 is 7.42. The van der Waals surface area contributed by atoms with E-state index in [0.717, 1.165) is 33.1 Å². The number of benzene rings is 1. The maximum absolute atomic E-state index is 12.1. The number of rotatable bonds is 5. The van der Waals surface area contributed by atoms with Crippen LogP contribution in [0.3, 0.4) is 0 Å². The maximum atomic E-state index is 12.1. The van der Waals surface area contributed by atoms with Gasteiger partial charge < -0.3 is 5.32 Å². The van der Waals surface area contributed by atoms with Gasteiger partial charge >= 0.3 is 0 Å². The summed E-state index contributed by atoms with van der Waals surface area (Å²) in [7, 11) is 1.86. The quantitative estimate of drug-likeness (QED) is 0.751. The molecule has 0 aliphatic carbocycles. The van der Waals surface area contributed by atoms with Crippen molar-refractivity contribution in [2.24, 2.45) is 7.05 Å². The third-order valence-electron chi connectivity index (χ3n) is 3.56. The second kappa shape index (κ2) is 7.23. The molecule has 0 saturated carbocycles. The van der Waals surface area contributed by atoms with Crippen LogP contribution in [0.25, 0.3) is 11.0 Å². The molecule has 0 spiro atoms. The van der Waals surface area contributed by atoms with E-state index in [0.29, 0.717) is 11.4 Å². The van der Waals surface area contributed by atoms with Gasteiger partial charge in [-0.05, 0) is 30.7 Å². The van der Waals surface area contributed by atoms with Crippen molar-refractivity contribution in [3.63, 3.8) is 0 Å². The van der Waals surface area contributed by atoms with Crippen LogP contribution in [0.5, 0.6) is 0 Å². The number of aryl methyl sites for hydroxylation is 2. The second-order valence-electron chi connectivity index (χ2n) is 5.47. The molecule has 0 aliphatic heterocycles. The molecular weight excluding hydrogens is 344 g/mol. The Morgan fingerprint density at radius 1 is 1.33 bits per heavy atom. The molecule has 3 rings (SSSR count). The number of nitrogens with zero attached hydrogens (tertiary/aromatic N) is 3. The average molecular weight is 361 g/mol. The zero-order valence-electron chi connectivity index (χ0n) is 13.4. The number of nitrogens with one attached hydrogen (secondary N) is 1. The number of amides is 1. The van der Waals surface area contributed by atoms with Crippen molar-refractivity contribution in [1.82, 2.24) is 14.8 Å². The van der Waals surface area contributed by atoms with Crippen molar-refractivity contribution < 1.29 is 4.79 Å². The van der Waals surface area contributed by atoms with Gasteiger partial charge in [-0.1, -0.05) is 23.7 Å². The van der Waals surface area contributed by atoms with Crippen LogP contribution in [0.15, 0.2) is 36.5 Å². The molecule has 7 heteroatoms. The Balaban J connectivity index is 1.56. The molecule has 24 heavy (non-hydrogen) atoms. The smallest absolute Gasteiger partial charge is 0.234 e. The Bertz CT molecular complexity index is 876. The van der Waals surface area contributed by atoms with E-state index in [1.54, 1.807) is 22.6 Å². The van der Waals surface area contributed by atoms with Crippen molar-refractivity contribution in [2.75, 3.05) is 11.1 Å². The van der Waals surface area contributed by atoms with Gasteiger partial charge in [0.1, 0.15) is 0 Å². The largest absolute Gasteiger partial charge is 0.324 e. The molecular formula is C17H17ClN4OS. The lowest BCUT2D eigenvalue weighted by atomic mass is 10.2. The van der Waals surface area contributed by atoms with Gasteiger partial charge in [0, 0.05) is 23.2 Å². The normalized spacial score (nSPS) is 11.0. The summed E-state index contributed by atoms with van der Waals surface area (Å²) in [6.45, 7) is 1.93. The summed E-state index contributed by atoms with van der Waals surface area (Å²) in [6.07, 6.45) is 1.66. The zero-order valence-corrected chi connectivity index (χ0v) is 15.0. The monoisotopic (exact) mass is 360 g/mol. The highest BCUT2D eigenvalue weighted by Crippen LogP contribution is 2.20. The third-order valence-corrected chi connectivity index (χ3v) is 4.82. The minimum absolute atomic E-state index is 0.0448. The summed E-state index contributed by atoms with van der Waals surface area (Å²) in [5, 5.41) is 8.88. The minimum Gasteiger partial charge on any atom is -0.324 e. The van der Waals surface area contributed by atoms with Gasteiger partial charge in [-0.3, -0.25) is 9.48 Å². The molecule has 0 bridgehead atoms. The SMILES string of the molecule is Cc1nn(C)c2ncc(NC(=O)CSCc3ccc(Cl)cc3)cc12. The highest BCUT2D eigenvalue weighted by molar-refractivity contribution is 7.99. The van der Waals surface area contributed by atoms with Crippen molar-refractivity contribution in [2.45, 2.75) is 12.7 Å². The molecule has 0 unspecified atom stereocenters. The van der Waals surface area contributed by atoms with Gasteiger partial charge in [0.05, 0.1) is 23.3 Å². The first kappa shape index (κ1) is 16.8. The number of carbonyl (C=O) groups is 1. The number of hydrogen-bond donors (Lipinski definition) is 1. The molecule has 0 radical (unpaired) electrons. The molecule has 3 aromatic rings. The molecule has 2 aromatic heterocycles. The number of hydrogen-bond acceptors (Lipinski definition) is 4. The molecule has 124 valence electrons. The van der Waals surface area contributed by atoms with E-state index in [9.17, 15) is 4.79 Å². The molecule has 1 amide bonds. The topological polar surface area (TPSA) is 59.8 Å². The van der Waals surface area contributed by atoms with E-state index < -0.39 is 0 Å². The van der Waals surface area contributed by atoms with E-state index in [1.165, 1.54) is 0 Å². The molecule has 5 nitrogen and oxygen atoms in total. The van der Waals surface area contributed by atoms with Gasteiger partial charge in [0.25, 0.3) is 0 Å². The maximum Gasteiger partial charge on any atom is 0.234 e. The fraction of sp³-hybridized carbons (Fsp3) is 0.235. The van der Waals surface area contributed by atoms with E-state index in [-0.39, 0.29) is 5.91 Å². The number of pyridine rings is 1. The summed E-state index contributed by atoms with van der Waals surface area (Å²) in [4.78, 5) is 16.4. The van der Waals surface area contributed by atoms with E-state index >= 15 is 0 Å². The number of thioether (sulfide) groups is 1. The first-order valence-corrected chi connectivity index (χ1v) is 8.97. The number of aromatic nitrogens is 3. The molecule has 1 aromatic carbocycles. The van der Waals surface area contributed by atoms with Crippen molar-refractivity contribution in [3.8, 4) is 0 Å². The zero-order chi connectivity index (χ0) is 17.1. The van der Waals surface area contributed by atoms with Crippen LogP contribution in [-0.4, -0.2) is 26.4 Å². The van der Waals surface area contributed by atoms with Crippen LogP contribution in [-0.2, 0) is 17.6 Å². The number of carbonyl (C=O) groups excluding carboxylic acids is 1. The Hall–Kier alpha value is -2.05. The lowest BCUT2D eigenvalue weighted by molar-refractivity contribution is -0.113. The van der Waals surface area contributed by atoms with Crippen LogP contribution < -0.4 is 5.32 Å². The predicted molar refractivity (Wildman–Crippen MR) is 99.5 cm³/mol. The van der Waals surface area contributed by atoms with E-state index in [2.05, 4.69) is 15.4 Å². The minimum atomic E-state index is -0.0448. The Kier molecular flexibility index (Phi) is 5.06. The number of fused-ring (bicyclic) bond motifs is 1. The third kappa shape index (κ3) is 3.88. The highest BCUT2D eigenvalue weighted by Gasteiger charge is 2.09. The van der Waals surface area contributed by atoms with Gasteiger partial charge in [-0.15, -0.1) is 11.8 Å². The molecule has 0 fully saturated rings. The Morgan fingerprint density at radius 3 is 2.83 bits per heavy atom. The van der Waals surface area contributed by atoms with E-state index in [1.807, 2.05) is 44.3 Å². The fourth-order valence-electron chi connectivity index (χ4n) is 2.42. The van der Waals surface area contributed by atoms with Crippen molar-refractivity contribution in [3.05, 3.63) is 52.8 Å². The molecule has 2 heterocycles. The molecule has 1 N–H and O–H groups in total. The summed E-state index contributed by atoms with van der Waals surface area (Å²) < 4.78 is 1.73. The van der Waals surface area contributed by atoms with Gasteiger partial charge in [0.2, 0.25) is 5.91 Å². The first-order valence-electron chi connectivity index (χ1n) is 7.44. The highest BCUT2D eigenvalue weighted by atomic mass is 35.5. The molecule has 0 atom stereocenters. The Labute approximate surface area is 149 Å². The lowest BCUT2D eigenvalue weighted by Crippen LogP contribution is -2.14. The Morgan fingerprint density at radius 2 is 2.08 bits per heavy atom. The number of anilines is 1. The standard InChI is InChI=1S/C17H17ClN4OS/c1-11-15-7-14(8-19-17(15)22(2)21-11)20-16(23)10-24-9-12-3-5-13(18)6-4-12/h3-8H,9-10H2,1-2H3,(H,20,23). The van der Waals surface area contributed by atoms with Crippen LogP contribution >= 0.6 is 23.4 Å². The fourth-order valence-corrected chi connectivity index (χ4v) is 3.33. The van der Waals surface area contributed by atoms with Gasteiger partial charge in [-0.2, -0.15) is 5.10 Å². The first-order chi connectivity index (χ1) is 11.5. The van der Waals surface area contributed by atoms with Crippen LogP contribution in [0.4, 0.5) is 5.69 Å². The van der Waals surface area contributed by atoms with Gasteiger partial charge in [0.15, 0.2) is 5.65 Å². The van der Waals surface area contributed by atoms with E-state index in [4.69, 9.17) is 11.6 Å². The molecule has 0 saturated heterocycles.